The van der Waals surface area contributed by atoms with Crippen LogP contribution in [0.3, 0.4) is 0 Å². The molecule has 196 valence electrons. The molecule has 4 N–H and O–H groups in total. The first-order valence-electron chi connectivity index (χ1n) is 12.3. The Morgan fingerprint density at radius 2 is 1.24 bits per heavy atom. The first-order valence-corrected chi connectivity index (χ1v) is 15.6. The average molecular weight is 580 g/mol. The molecule has 0 atom stereocenters. The van der Waals surface area contributed by atoms with Gasteiger partial charge in [-0.25, -0.2) is 0 Å². The average Bonchev–Trinajstić information content (AvgIpc) is 3.60. The number of imide groups is 1. The molecule has 0 radical (unpaired) electrons. The molecule has 0 bridgehead atoms. The number of aryl methyl sites for hydroxylation is 2. The fraction of sp³-hybridized carbons (Fsp3) is 0.310. The number of carbonyl (C=O) groups excluding carboxylic acids is 2. The van der Waals surface area contributed by atoms with Crippen molar-refractivity contribution in [1.82, 2.24) is 4.90 Å². The summed E-state index contributed by atoms with van der Waals surface area (Å²) in [6.07, 6.45) is 0. The number of nitrogens with two attached hydrogens (primary N) is 2. The Morgan fingerprint density at radius 3 is 1.82 bits per heavy atom. The summed E-state index contributed by atoms with van der Waals surface area (Å²) in [5.41, 5.74) is 15.4. The van der Waals surface area contributed by atoms with Gasteiger partial charge in [-0.1, -0.05) is 0 Å². The lowest BCUT2D eigenvalue weighted by Gasteiger charge is -2.17. The minimum absolute atomic E-state index is 0.240. The van der Waals surface area contributed by atoms with Crippen LogP contribution < -0.4 is 11.5 Å². The second-order valence-electron chi connectivity index (χ2n) is 11.3. The Labute approximate surface area is 237 Å². The summed E-state index contributed by atoms with van der Waals surface area (Å²) < 4.78 is 2.07. The molecule has 38 heavy (non-hydrogen) atoms. The first-order chi connectivity index (χ1) is 17.7. The number of benzene rings is 1. The third-order valence-corrected chi connectivity index (χ3v) is 13.0. The number of nitrogens with zero attached hydrogens (tertiary/aromatic N) is 1. The molecule has 0 fully saturated rings. The van der Waals surface area contributed by atoms with Crippen LogP contribution in [0.5, 0.6) is 0 Å². The number of thiophene rings is 4. The number of fused-ring (bicyclic) bond motifs is 6. The van der Waals surface area contributed by atoms with E-state index in [4.69, 9.17) is 11.5 Å². The van der Waals surface area contributed by atoms with E-state index < -0.39 is 5.54 Å². The highest BCUT2D eigenvalue weighted by Crippen LogP contribution is 2.50. The molecule has 0 aliphatic carbocycles. The Morgan fingerprint density at radius 1 is 0.684 bits per heavy atom. The third kappa shape index (κ3) is 3.75. The van der Waals surface area contributed by atoms with Gasteiger partial charge in [0, 0.05) is 58.2 Å². The molecule has 2 amide bonds. The summed E-state index contributed by atoms with van der Waals surface area (Å²) in [5.74, 6) is -0.485. The van der Waals surface area contributed by atoms with Crippen molar-refractivity contribution in [1.29, 1.82) is 0 Å². The van der Waals surface area contributed by atoms with Gasteiger partial charge in [-0.05, 0) is 76.9 Å². The molecule has 6 rings (SSSR count). The van der Waals surface area contributed by atoms with Gasteiger partial charge in [0.2, 0.25) is 0 Å². The second-order valence-corrected chi connectivity index (χ2v) is 15.5. The maximum absolute atomic E-state index is 13.3. The van der Waals surface area contributed by atoms with E-state index in [2.05, 4.69) is 32.0 Å². The van der Waals surface area contributed by atoms with Crippen LogP contribution in [0, 0.1) is 13.8 Å². The van der Waals surface area contributed by atoms with E-state index in [1.54, 1.807) is 52.4 Å². The summed E-state index contributed by atoms with van der Waals surface area (Å²) in [6, 6.07) is 8.58. The number of amides is 2. The monoisotopic (exact) mass is 579 g/mol. The minimum atomic E-state index is -0.546. The highest BCUT2D eigenvalue weighted by atomic mass is 32.1. The van der Waals surface area contributed by atoms with Crippen LogP contribution in [0.15, 0.2) is 24.3 Å². The lowest BCUT2D eigenvalue weighted by Crippen LogP contribution is -2.28. The van der Waals surface area contributed by atoms with Gasteiger partial charge in [0.1, 0.15) is 0 Å². The molecule has 1 aliphatic heterocycles. The van der Waals surface area contributed by atoms with Crippen molar-refractivity contribution in [3.8, 4) is 19.5 Å². The standard InChI is InChI=1S/C29H29N3O2S4/c1-12-8-16(17-9-13(2)25(37-17)29(5,6)31)35-22(12)18-10-14-20-21(27(34)32(7)26(20)33)15-11-19(28(3,4)30)38-24(15)23(14)36-18/h8-11H,30-31H2,1-7H3. The van der Waals surface area contributed by atoms with Crippen molar-refractivity contribution < 1.29 is 9.59 Å². The zero-order chi connectivity index (χ0) is 27.5. The quantitative estimate of drug-likeness (QED) is 0.213. The Kier molecular flexibility index (Phi) is 5.65. The predicted octanol–water partition coefficient (Wildman–Crippen LogP) is 7.80. The van der Waals surface area contributed by atoms with Crippen LogP contribution in [0.2, 0.25) is 0 Å². The zero-order valence-corrected chi connectivity index (χ0v) is 25.6. The molecule has 0 spiro atoms. The fourth-order valence-electron chi connectivity index (χ4n) is 5.15. The summed E-state index contributed by atoms with van der Waals surface area (Å²) >= 11 is 6.83. The van der Waals surface area contributed by atoms with E-state index >= 15 is 0 Å². The van der Waals surface area contributed by atoms with Crippen molar-refractivity contribution in [2.75, 3.05) is 7.05 Å². The number of hydrogen-bond donors (Lipinski definition) is 2. The normalized spacial score (nSPS) is 14.5. The Hall–Kier alpha value is -2.40. The van der Waals surface area contributed by atoms with Gasteiger partial charge in [-0.3, -0.25) is 14.5 Å². The fourth-order valence-corrected chi connectivity index (χ4v) is 10.3. The molecule has 9 heteroatoms. The summed E-state index contributed by atoms with van der Waals surface area (Å²) in [5, 5.41) is 1.68. The van der Waals surface area contributed by atoms with Gasteiger partial charge in [0.05, 0.1) is 20.5 Å². The minimum Gasteiger partial charge on any atom is -0.321 e. The smallest absolute Gasteiger partial charge is 0.261 e. The van der Waals surface area contributed by atoms with Gasteiger partial charge < -0.3 is 11.5 Å². The molecule has 0 unspecified atom stereocenters. The van der Waals surface area contributed by atoms with E-state index in [-0.39, 0.29) is 17.4 Å². The zero-order valence-electron chi connectivity index (χ0n) is 22.4. The van der Waals surface area contributed by atoms with Crippen LogP contribution >= 0.6 is 45.3 Å². The highest BCUT2D eigenvalue weighted by Gasteiger charge is 2.38. The summed E-state index contributed by atoms with van der Waals surface area (Å²) in [6.45, 7) is 12.3. The topological polar surface area (TPSA) is 89.4 Å². The molecule has 5 aromatic rings. The third-order valence-electron chi connectivity index (χ3n) is 7.02. The number of carbonyl (C=O) groups is 2. The maximum Gasteiger partial charge on any atom is 0.261 e. The van der Waals surface area contributed by atoms with Crippen LogP contribution in [0.1, 0.15) is 69.3 Å². The van der Waals surface area contributed by atoms with Gasteiger partial charge in [0.15, 0.2) is 0 Å². The summed E-state index contributed by atoms with van der Waals surface area (Å²) in [7, 11) is 1.56. The molecular formula is C29H29N3O2S4. The predicted molar refractivity (Wildman–Crippen MR) is 164 cm³/mol. The van der Waals surface area contributed by atoms with Gasteiger partial charge >= 0.3 is 0 Å². The first kappa shape index (κ1) is 25.9. The summed E-state index contributed by atoms with van der Waals surface area (Å²) in [4.78, 5) is 34.6. The van der Waals surface area contributed by atoms with E-state index in [1.165, 1.54) is 35.5 Å². The van der Waals surface area contributed by atoms with E-state index in [9.17, 15) is 9.59 Å². The van der Waals surface area contributed by atoms with Crippen molar-refractivity contribution in [2.24, 2.45) is 11.5 Å². The highest BCUT2D eigenvalue weighted by molar-refractivity contribution is 7.31. The van der Waals surface area contributed by atoms with E-state index in [0.717, 1.165) is 29.9 Å². The SMILES string of the molecule is Cc1cc(-c2cc(C)c(C(C)(C)N)s2)sc1-c1cc2c3c(c4cc(C(C)(C)N)sc4c2s1)C(=O)N(C)C3=O. The largest absolute Gasteiger partial charge is 0.321 e. The molecule has 4 aromatic heterocycles. The van der Waals surface area contributed by atoms with Gasteiger partial charge in [-0.2, -0.15) is 0 Å². The Bertz CT molecular complexity index is 1820. The van der Waals surface area contributed by atoms with E-state index in [0.29, 0.717) is 11.1 Å². The lowest BCUT2D eigenvalue weighted by molar-refractivity contribution is 0.0694. The molecule has 1 aromatic carbocycles. The van der Waals surface area contributed by atoms with Crippen LogP contribution in [-0.4, -0.2) is 23.8 Å². The molecule has 5 heterocycles. The number of hydrogen-bond acceptors (Lipinski definition) is 8. The van der Waals surface area contributed by atoms with Crippen LogP contribution in [-0.2, 0) is 11.1 Å². The van der Waals surface area contributed by atoms with E-state index in [1.807, 2.05) is 33.8 Å². The van der Waals surface area contributed by atoms with Crippen LogP contribution in [0.25, 0.3) is 39.7 Å². The number of rotatable bonds is 4. The Balaban J connectivity index is 1.57. The second kappa shape index (κ2) is 8.30. The molecule has 5 nitrogen and oxygen atoms in total. The van der Waals surface area contributed by atoms with Crippen molar-refractivity contribution in [3.63, 3.8) is 0 Å². The van der Waals surface area contributed by atoms with Gasteiger partial charge in [0.25, 0.3) is 11.8 Å². The molecular weight excluding hydrogens is 551 g/mol. The molecule has 1 aliphatic rings. The van der Waals surface area contributed by atoms with Crippen LogP contribution in [0.4, 0.5) is 0 Å². The van der Waals surface area contributed by atoms with Gasteiger partial charge in [-0.15, -0.1) is 45.3 Å². The van der Waals surface area contributed by atoms with Crippen molar-refractivity contribution in [3.05, 3.63) is 56.3 Å². The van der Waals surface area contributed by atoms with Crippen molar-refractivity contribution >= 4 is 77.3 Å². The molecule has 0 saturated carbocycles. The maximum atomic E-state index is 13.3. The van der Waals surface area contributed by atoms with Crippen molar-refractivity contribution in [2.45, 2.75) is 52.6 Å². The lowest BCUT2D eigenvalue weighted by atomic mass is 9.99. The molecule has 0 saturated heterocycles.